The summed E-state index contributed by atoms with van der Waals surface area (Å²) in [6.45, 7) is 5.56. The fraction of sp³-hybridized carbons (Fsp3) is 0.500. The van der Waals surface area contributed by atoms with Crippen LogP contribution >= 0.6 is 23.2 Å². The van der Waals surface area contributed by atoms with Crippen LogP contribution in [0.5, 0.6) is 17.2 Å². The summed E-state index contributed by atoms with van der Waals surface area (Å²) in [7, 11) is -1.52. The highest BCUT2D eigenvalue weighted by Gasteiger charge is 2.41. The van der Waals surface area contributed by atoms with E-state index >= 15 is 0 Å². The summed E-state index contributed by atoms with van der Waals surface area (Å²) in [5.74, 6) is 1.60. The number of methoxy groups -OCH3 is 1. The van der Waals surface area contributed by atoms with Crippen molar-refractivity contribution in [3.8, 4) is 17.2 Å². The van der Waals surface area contributed by atoms with Crippen LogP contribution in [0.15, 0.2) is 30.3 Å². The van der Waals surface area contributed by atoms with Crippen molar-refractivity contribution in [1.82, 2.24) is 9.62 Å². The van der Waals surface area contributed by atoms with Crippen molar-refractivity contribution in [2.24, 2.45) is 5.92 Å². The van der Waals surface area contributed by atoms with E-state index in [2.05, 4.69) is 19.2 Å². The molecule has 2 aromatic carbocycles. The summed E-state index contributed by atoms with van der Waals surface area (Å²) < 4.78 is 37.9. The minimum absolute atomic E-state index is 0.132. The molecule has 2 aliphatic rings. The Balaban J connectivity index is 1.40. The number of piperidine rings is 1. The van der Waals surface area contributed by atoms with Gasteiger partial charge in [-0.1, -0.05) is 37.0 Å². The SMILES string of the molecule is COc1ccc(Oc2c(Cl)ccc(C(=O)NCC3CCN(S(=O)(=O)C4CC4)CC3)c2Cl)cc1C(C)C. The lowest BCUT2D eigenvalue weighted by Crippen LogP contribution is -2.42. The number of hydrogen-bond donors (Lipinski definition) is 1. The molecule has 2 aromatic rings. The monoisotopic (exact) mass is 554 g/mol. The molecule has 36 heavy (non-hydrogen) atoms. The Bertz CT molecular complexity index is 1220. The molecule has 1 saturated carbocycles. The molecule has 7 nitrogen and oxygen atoms in total. The smallest absolute Gasteiger partial charge is 0.252 e. The zero-order valence-corrected chi connectivity index (χ0v) is 23.0. The second-order valence-electron chi connectivity index (χ2n) is 9.70. The third kappa shape index (κ3) is 5.93. The minimum Gasteiger partial charge on any atom is -0.496 e. The fourth-order valence-corrected chi connectivity index (χ4v) is 6.83. The Morgan fingerprint density at radius 3 is 2.42 bits per heavy atom. The molecule has 1 amide bonds. The lowest BCUT2D eigenvalue weighted by molar-refractivity contribution is 0.0941. The van der Waals surface area contributed by atoms with Gasteiger partial charge in [-0.05, 0) is 67.9 Å². The molecule has 0 atom stereocenters. The molecule has 196 valence electrons. The van der Waals surface area contributed by atoms with Crippen LogP contribution in [0.25, 0.3) is 0 Å². The van der Waals surface area contributed by atoms with Gasteiger partial charge in [0.05, 0.1) is 28.0 Å². The first-order chi connectivity index (χ1) is 17.1. The average molecular weight is 556 g/mol. The number of rotatable bonds is 9. The van der Waals surface area contributed by atoms with Gasteiger partial charge in [0.15, 0.2) is 5.75 Å². The van der Waals surface area contributed by atoms with E-state index < -0.39 is 10.0 Å². The third-order valence-electron chi connectivity index (χ3n) is 6.77. The van der Waals surface area contributed by atoms with Gasteiger partial charge in [0.1, 0.15) is 11.5 Å². The zero-order valence-electron chi connectivity index (χ0n) is 20.7. The van der Waals surface area contributed by atoms with E-state index in [4.69, 9.17) is 32.7 Å². The summed E-state index contributed by atoms with van der Waals surface area (Å²) in [4.78, 5) is 13.0. The number of amides is 1. The highest BCUT2D eigenvalue weighted by Crippen LogP contribution is 2.40. The fourth-order valence-electron chi connectivity index (χ4n) is 4.42. The lowest BCUT2D eigenvalue weighted by Gasteiger charge is -2.31. The number of ether oxygens (including phenoxy) is 2. The van der Waals surface area contributed by atoms with E-state index in [9.17, 15) is 13.2 Å². The first-order valence-electron chi connectivity index (χ1n) is 12.2. The minimum atomic E-state index is -3.14. The molecule has 0 radical (unpaired) electrons. The average Bonchev–Trinajstić information content (AvgIpc) is 3.71. The van der Waals surface area contributed by atoms with Gasteiger partial charge >= 0.3 is 0 Å². The van der Waals surface area contributed by atoms with Gasteiger partial charge in [0, 0.05) is 25.2 Å². The molecule has 4 rings (SSSR count). The van der Waals surface area contributed by atoms with Crippen LogP contribution in [0.1, 0.15) is 61.4 Å². The molecule has 2 fully saturated rings. The van der Waals surface area contributed by atoms with Gasteiger partial charge in [-0.25, -0.2) is 12.7 Å². The second-order valence-corrected chi connectivity index (χ2v) is 12.7. The van der Waals surface area contributed by atoms with Gasteiger partial charge in [0.25, 0.3) is 5.91 Å². The Morgan fingerprint density at radius 1 is 1.11 bits per heavy atom. The number of hydrogen-bond acceptors (Lipinski definition) is 5. The summed E-state index contributed by atoms with van der Waals surface area (Å²) in [6, 6.07) is 8.62. The zero-order chi connectivity index (χ0) is 26.0. The molecule has 1 heterocycles. The molecule has 1 N–H and O–H groups in total. The van der Waals surface area contributed by atoms with Crippen molar-refractivity contribution in [2.45, 2.75) is 50.7 Å². The van der Waals surface area contributed by atoms with E-state index in [1.54, 1.807) is 29.6 Å². The predicted octanol–water partition coefficient (Wildman–Crippen LogP) is 5.85. The molecule has 10 heteroatoms. The molecule has 0 bridgehead atoms. The lowest BCUT2D eigenvalue weighted by atomic mass is 9.98. The van der Waals surface area contributed by atoms with Crippen molar-refractivity contribution in [3.63, 3.8) is 0 Å². The molecule has 1 aliphatic carbocycles. The summed E-state index contributed by atoms with van der Waals surface area (Å²) in [5.41, 5.74) is 1.24. The van der Waals surface area contributed by atoms with Crippen molar-refractivity contribution < 1.29 is 22.7 Å². The second kappa shape index (κ2) is 11.2. The van der Waals surface area contributed by atoms with Crippen molar-refractivity contribution in [3.05, 3.63) is 51.5 Å². The van der Waals surface area contributed by atoms with Gasteiger partial charge < -0.3 is 14.8 Å². The van der Waals surface area contributed by atoms with Crippen LogP contribution in [-0.2, 0) is 10.0 Å². The highest BCUT2D eigenvalue weighted by atomic mass is 35.5. The van der Waals surface area contributed by atoms with Crippen LogP contribution < -0.4 is 14.8 Å². The number of benzene rings is 2. The summed E-state index contributed by atoms with van der Waals surface area (Å²) in [5, 5.41) is 3.18. The molecule has 0 unspecified atom stereocenters. The molecule has 1 aliphatic heterocycles. The topological polar surface area (TPSA) is 84.9 Å². The van der Waals surface area contributed by atoms with E-state index in [0.29, 0.717) is 43.2 Å². The standard InChI is InChI=1S/C26H32Cl2N2O5S/c1-16(2)21-14-18(4-9-23(21)34-3)35-25-22(27)8-7-20(24(25)28)26(31)29-15-17-10-12-30(13-11-17)36(32,33)19-5-6-19/h4,7-9,14,16-17,19H,5-6,10-13,15H2,1-3H3,(H,29,31). The third-order valence-corrected chi connectivity index (χ3v) is 9.84. The largest absolute Gasteiger partial charge is 0.496 e. The van der Waals surface area contributed by atoms with Gasteiger partial charge in [-0.15, -0.1) is 0 Å². The molecule has 0 aromatic heterocycles. The number of carbonyl (C=O) groups excluding carboxylic acids is 1. The quantitative estimate of drug-likeness (QED) is 0.420. The Labute approximate surface area is 223 Å². The maximum absolute atomic E-state index is 13.0. The maximum atomic E-state index is 13.0. The van der Waals surface area contributed by atoms with Gasteiger partial charge in [-0.3, -0.25) is 4.79 Å². The van der Waals surface area contributed by atoms with Crippen LogP contribution in [0, 0.1) is 5.92 Å². The van der Waals surface area contributed by atoms with E-state index in [0.717, 1.165) is 24.2 Å². The van der Waals surface area contributed by atoms with Crippen molar-refractivity contribution in [1.29, 1.82) is 0 Å². The van der Waals surface area contributed by atoms with Gasteiger partial charge in [-0.2, -0.15) is 0 Å². The first kappa shape index (κ1) is 27.0. The van der Waals surface area contributed by atoms with Crippen LogP contribution in [0.3, 0.4) is 0 Å². The van der Waals surface area contributed by atoms with E-state index in [1.807, 2.05) is 12.1 Å². The van der Waals surface area contributed by atoms with Crippen LogP contribution in [-0.4, -0.2) is 50.6 Å². The normalized spacial score (nSPS) is 17.3. The predicted molar refractivity (Wildman–Crippen MR) is 142 cm³/mol. The Morgan fingerprint density at radius 2 is 1.81 bits per heavy atom. The van der Waals surface area contributed by atoms with Crippen LogP contribution in [0.4, 0.5) is 0 Å². The molecule has 1 saturated heterocycles. The number of halogens is 2. The molecule has 0 spiro atoms. The highest BCUT2D eigenvalue weighted by molar-refractivity contribution is 7.90. The van der Waals surface area contributed by atoms with E-state index in [1.165, 1.54) is 0 Å². The first-order valence-corrected chi connectivity index (χ1v) is 14.5. The van der Waals surface area contributed by atoms with Crippen LogP contribution in [0.2, 0.25) is 10.0 Å². The van der Waals surface area contributed by atoms with Crippen molar-refractivity contribution in [2.75, 3.05) is 26.7 Å². The molecular formula is C26H32Cl2N2O5S. The van der Waals surface area contributed by atoms with Gasteiger partial charge in [0.2, 0.25) is 10.0 Å². The summed E-state index contributed by atoms with van der Waals surface area (Å²) >= 11 is 13.0. The molecular weight excluding hydrogens is 523 g/mol. The Hall–Kier alpha value is -2.00. The number of nitrogens with zero attached hydrogens (tertiary/aromatic N) is 1. The summed E-state index contributed by atoms with van der Waals surface area (Å²) in [6.07, 6.45) is 2.96. The number of sulfonamides is 1. The number of nitrogens with one attached hydrogen (secondary N) is 1. The maximum Gasteiger partial charge on any atom is 0.252 e. The Kier molecular flexibility index (Phi) is 8.39. The number of carbonyl (C=O) groups is 1. The van der Waals surface area contributed by atoms with Crippen molar-refractivity contribution >= 4 is 39.1 Å². The van der Waals surface area contributed by atoms with E-state index in [-0.39, 0.29) is 39.3 Å².